The third-order valence-electron chi connectivity index (χ3n) is 3.12. The molecule has 0 aliphatic rings. The summed E-state index contributed by atoms with van der Waals surface area (Å²) < 4.78 is 0. The van der Waals surface area contributed by atoms with Crippen molar-refractivity contribution < 1.29 is 9.90 Å². The van der Waals surface area contributed by atoms with E-state index >= 15 is 0 Å². The summed E-state index contributed by atoms with van der Waals surface area (Å²) in [6.07, 6.45) is 32.5. The highest BCUT2D eigenvalue weighted by atomic mass is 16.4. The molecule has 2 heteroatoms. The van der Waals surface area contributed by atoms with Gasteiger partial charge in [0.05, 0.1) is 0 Å². The Balaban J connectivity index is 3.51. The maximum atomic E-state index is 10.3. The number of carboxylic acids is 1. The summed E-state index contributed by atoms with van der Waals surface area (Å²) in [5, 5.41) is 8.49. The molecule has 1 N–H and O–H groups in total. The molecule has 0 bridgehead atoms. The van der Waals surface area contributed by atoms with E-state index in [4.69, 9.17) is 5.11 Å². The van der Waals surface area contributed by atoms with Crippen molar-refractivity contribution in [1.82, 2.24) is 0 Å². The summed E-state index contributed by atoms with van der Waals surface area (Å²) in [6, 6.07) is 0. The molecule has 0 rings (SSSR count). The molecule has 0 saturated carbocycles. The van der Waals surface area contributed by atoms with Gasteiger partial charge in [-0.1, -0.05) is 79.8 Å². The van der Waals surface area contributed by atoms with Crippen molar-refractivity contribution in [3.05, 3.63) is 72.9 Å². The van der Waals surface area contributed by atoms with Crippen molar-refractivity contribution >= 4 is 5.97 Å². The van der Waals surface area contributed by atoms with E-state index in [2.05, 4.69) is 67.7 Å². The molecule has 0 aromatic carbocycles. The number of carbonyl (C=O) groups is 1. The van der Waals surface area contributed by atoms with Crippen LogP contribution in [0.25, 0.3) is 0 Å². The predicted molar refractivity (Wildman–Crippen MR) is 105 cm³/mol. The number of hydrogen-bond acceptors (Lipinski definition) is 1. The predicted octanol–water partition coefficient (Wildman–Crippen LogP) is 6.55. The standard InChI is InChI=1S/C22H32O2/c1-2-3-4-5-6-7-8-9-10-11-12-13-14-15-16-17-18-19-20-21-22(23)24/h3-4,6-7,9-10,12-13,15-16,18-19H,2,5,8,11,14,17,20-21H2,1H3,(H,23,24)/b4-3+,7-6+,10-9+,13-12+,16-15-,19-18-. The van der Waals surface area contributed by atoms with E-state index in [0.717, 1.165) is 38.5 Å². The van der Waals surface area contributed by atoms with Gasteiger partial charge in [0.1, 0.15) is 0 Å². The Morgan fingerprint density at radius 1 is 0.625 bits per heavy atom. The van der Waals surface area contributed by atoms with Gasteiger partial charge in [-0.3, -0.25) is 4.79 Å². The molecule has 0 atom stereocenters. The maximum absolute atomic E-state index is 10.3. The molecular formula is C22H32O2. The highest BCUT2D eigenvalue weighted by Gasteiger charge is 1.90. The quantitative estimate of drug-likeness (QED) is 0.367. The van der Waals surface area contributed by atoms with Gasteiger partial charge >= 0.3 is 5.97 Å². The summed E-state index contributed by atoms with van der Waals surface area (Å²) >= 11 is 0. The van der Waals surface area contributed by atoms with Crippen LogP contribution in [0.4, 0.5) is 0 Å². The molecule has 24 heavy (non-hydrogen) atoms. The second-order valence-corrected chi connectivity index (χ2v) is 5.35. The summed E-state index contributed by atoms with van der Waals surface area (Å²) in [7, 11) is 0. The molecule has 132 valence electrons. The Hall–Kier alpha value is -2.09. The zero-order chi connectivity index (χ0) is 17.7. The first-order chi connectivity index (χ1) is 11.8. The lowest BCUT2D eigenvalue weighted by molar-refractivity contribution is -0.136. The number of aliphatic carboxylic acids is 1. The first-order valence-electron chi connectivity index (χ1n) is 8.89. The first kappa shape index (κ1) is 21.9. The molecule has 0 aliphatic carbocycles. The number of hydrogen-bond donors (Lipinski definition) is 1. The lowest BCUT2D eigenvalue weighted by Crippen LogP contribution is -1.91. The smallest absolute Gasteiger partial charge is 0.303 e. The lowest BCUT2D eigenvalue weighted by atomic mass is 10.2. The fourth-order valence-electron chi connectivity index (χ4n) is 1.85. The van der Waals surface area contributed by atoms with Crippen LogP contribution < -0.4 is 0 Å². The molecule has 0 aliphatic heterocycles. The van der Waals surface area contributed by atoms with Crippen LogP contribution in [-0.4, -0.2) is 11.1 Å². The average Bonchev–Trinajstić information content (AvgIpc) is 2.56. The maximum Gasteiger partial charge on any atom is 0.303 e. The van der Waals surface area contributed by atoms with Crippen LogP contribution in [0.1, 0.15) is 58.3 Å². The summed E-state index contributed by atoms with van der Waals surface area (Å²) in [5.41, 5.74) is 0. The van der Waals surface area contributed by atoms with Crippen molar-refractivity contribution in [3.8, 4) is 0 Å². The molecule has 0 fully saturated rings. The van der Waals surface area contributed by atoms with Gasteiger partial charge in [0.2, 0.25) is 0 Å². The third-order valence-corrected chi connectivity index (χ3v) is 3.12. The van der Waals surface area contributed by atoms with Gasteiger partial charge in [0.15, 0.2) is 0 Å². The number of rotatable bonds is 14. The van der Waals surface area contributed by atoms with Crippen LogP contribution in [0.2, 0.25) is 0 Å². The molecule has 0 aromatic rings. The van der Waals surface area contributed by atoms with E-state index < -0.39 is 5.97 Å². The van der Waals surface area contributed by atoms with Gasteiger partial charge in [-0.25, -0.2) is 0 Å². The van der Waals surface area contributed by atoms with Crippen LogP contribution in [0.5, 0.6) is 0 Å². The molecule has 0 unspecified atom stereocenters. The van der Waals surface area contributed by atoms with E-state index in [1.807, 2.05) is 12.2 Å². The Labute approximate surface area is 147 Å². The fraction of sp³-hybridized carbons (Fsp3) is 0.409. The van der Waals surface area contributed by atoms with Crippen LogP contribution in [0.3, 0.4) is 0 Å². The van der Waals surface area contributed by atoms with Gasteiger partial charge in [0, 0.05) is 6.42 Å². The van der Waals surface area contributed by atoms with Crippen LogP contribution in [0.15, 0.2) is 72.9 Å². The molecule has 0 heterocycles. The number of carboxylic acid groups (broad SMARTS) is 1. The Morgan fingerprint density at radius 3 is 1.29 bits per heavy atom. The second kappa shape index (κ2) is 19.0. The van der Waals surface area contributed by atoms with E-state index in [-0.39, 0.29) is 6.42 Å². The van der Waals surface area contributed by atoms with Gasteiger partial charge in [0.25, 0.3) is 0 Å². The summed E-state index contributed by atoms with van der Waals surface area (Å²) in [5.74, 6) is -0.741. The summed E-state index contributed by atoms with van der Waals surface area (Å²) in [4.78, 5) is 10.3. The van der Waals surface area contributed by atoms with Crippen LogP contribution >= 0.6 is 0 Å². The van der Waals surface area contributed by atoms with Gasteiger partial charge in [-0.15, -0.1) is 0 Å². The SMILES string of the molecule is CC/C=C/C/C=C/C/C=C/C/C=C/C/C=C\C/C=C\CCC(=O)O. The molecule has 0 spiro atoms. The number of allylic oxidation sites excluding steroid dienone is 12. The van der Waals surface area contributed by atoms with Crippen LogP contribution in [-0.2, 0) is 4.79 Å². The Morgan fingerprint density at radius 2 is 0.958 bits per heavy atom. The van der Waals surface area contributed by atoms with Crippen LogP contribution in [0, 0.1) is 0 Å². The molecule has 0 aromatic heterocycles. The minimum atomic E-state index is -0.741. The molecule has 2 nitrogen and oxygen atoms in total. The van der Waals surface area contributed by atoms with Gasteiger partial charge < -0.3 is 5.11 Å². The third kappa shape index (κ3) is 19.9. The van der Waals surface area contributed by atoms with Crippen molar-refractivity contribution in [2.75, 3.05) is 0 Å². The van der Waals surface area contributed by atoms with Gasteiger partial charge in [-0.2, -0.15) is 0 Å². The molecule has 0 amide bonds. The minimum absolute atomic E-state index is 0.210. The molecule has 0 radical (unpaired) electrons. The first-order valence-corrected chi connectivity index (χ1v) is 8.89. The van der Waals surface area contributed by atoms with Gasteiger partial charge in [-0.05, 0) is 44.9 Å². The fourth-order valence-corrected chi connectivity index (χ4v) is 1.85. The lowest BCUT2D eigenvalue weighted by Gasteiger charge is -1.87. The van der Waals surface area contributed by atoms with E-state index in [9.17, 15) is 4.79 Å². The Bertz CT molecular complexity index is 462. The zero-order valence-electron chi connectivity index (χ0n) is 14.9. The van der Waals surface area contributed by atoms with E-state index in [0.29, 0.717) is 6.42 Å². The minimum Gasteiger partial charge on any atom is -0.481 e. The molecule has 0 saturated heterocycles. The zero-order valence-corrected chi connectivity index (χ0v) is 14.9. The van der Waals surface area contributed by atoms with Crippen molar-refractivity contribution in [1.29, 1.82) is 0 Å². The molecular weight excluding hydrogens is 296 g/mol. The largest absolute Gasteiger partial charge is 0.481 e. The highest BCUT2D eigenvalue weighted by molar-refractivity contribution is 5.66. The normalized spacial score (nSPS) is 13.0. The Kier molecular flexibility index (Phi) is 17.3. The summed E-state index contributed by atoms with van der Waals surface area (Å²) in [6.45, 7) is 2.15. The van der Waals surface area contributed by atoms with Crippen molar-refractivity contribution in [3.63, 3.8) is 0 Å². The monoisotopic (exact) mass is 328 g/mol. The highest BCUT2D eigenvalue weighted by Crippen LogP contribution is 1.97. The van der Waals surface area contributed by atoms with E-state index in [1.54, 1.807) is 0 Å². The second-order valence-electron chi connectivity index (χ2n) is 5.35. The van der Waals surface area contributed by atoms with Crippen molar-refractivity contribution in [2.24, 2.45) is 0 Å². The topological polar surface area (TPSA) is 37.3 Å². The average molecular weight is 328 g/mol. The van der Waals surface area contributed by atoms with Crippen molar-refractivity contribution in [2.45, 2.75) is 58.3 Å². The van der Waals surface area contributed by atoms with E-state index in [1.165, 1.54) is 0 Å².